The number of rotatable bonds is 8. The fourth-order valence-electron chi connectivity index (χ4n) is 4.13. The number of fused-ring (bicyclic) bond motifs is 1. The molecule has 2 aromatic heterocycles. The summed E-state index contributed by atoms with van der Waals surface area (Å²) in [5.41, 5.74) is 2.99. The van der Waals surface area contributed by atoms with Crippen molar-refractivity contribution in [2.24, 2.45) is 0 Å². The average molecular weight is 586 g/mol. The second-order valence-electron chi connectivity index (χ2n) is 9.84. The summed E-state index contributed by atoms with van der Waals surface area (Å²) in [5, 5.41) is 8.79. The number of aryl methyl sites for hydroxylation is 1. The highest BCUT2D eigenvalue weighted by Crippen LogP contribution is 2.39. The van der Waals surface area contributed by atoms with E-state index >= 15 is 0 Å². The number of pyridine rings is 1. The van der Waals surface area contributed by atoms with Crippen molar-refractivity contribution < 1.29 is 23.8 Å². The fourth-order valence-corrected chi connectivity index (χ4v) is 4.63. The molecule has 12 heteroatoms. The molecular formula is C28H29Cl2N5O5. The third-order valence-corrected chi connectivity index (χ3v) is 6.18. The summed E-state index contributed by atoms with van der Waals surface area (Å²) < 4.78 is 17.8. The van der Waals surface area contributed by atoms with E-state index in [-0.39, 0.29) is 19.8 Å². The molecule has 0 saturated heterocycles. The quantitative estimate of drug-likeness (QED) is 0.248. The lowest BCUT2D eigenvalue weighted by Gasteiger charge is -2.22. The lowest BCUT2D eigenvalue weighted by molar-refractivity contribution is -0.145. The third-order valence-electron chi connectivity index (χ3n) is 5.63. The number of alkyl carbamates (subject to hydrolysis) is 1. The van der Waals surface area contributed by atoms with Crippen LogP contribution in [0.1, 0.15) is 38.8 Å². The van der Waals surface area contributed by atoms with Crippen LogP contribution in [0, 0.1) is 6.92 Å². The van der Waals surface area contributed by atoms with E-state index in [9.17, 15) is 9.59 Å². The van der Waals surface area contributed by atoms with Gasteiger partial charge >= 0.3 is 12.1 Å². The molecular weight excluding hydrogens is 557 g/mol. The molecule has 1 N–H and O–H groups in total. The normalized spacial score (nSPS) is 11.4. The summed E-state index contributed by atoms with van der Waals surface area (Å²) in [6.45, 7) is 9.03. The van der Waals surface area contributed by atoms with Gasteiger partial charge in [0.1, 0.15) is 24.0 Å². The van der Waals surface area contributed by atoms with Crippen LogP contribution in [0.5, 0.6) is 5.75 Å². The molecule has 210 valence electrons. The van der Waals surface area contributed by atoms with E-state index in [0.717, 1.165) is 10.9 Å². The third kappa shape index (κ3) is 6.81. The van der Waals surface area contributed by atoms with Crippen LogP contribution < -0.4 is 10.1 Å². The Balaban J connectivity index is 1.94. The van der Waals surface area contributed by atoms with Gasteiger partial charge in [-0.3, -0.25) is 0 Å². The molecule has 0 atom stereocenters. The highest BCUT2D eigenvalue weighted by Gasteiger charge is 2.24. The van der Waals surface area contributed by atoms with Crippen LogP contribution in [0.4, 0.5) is 4.79 Å². The van der Waals surface area contributed by atoms with E-state index in [1.165, 1.54) is 6.33 Å². The van der Waals surface area contributed by atoms with E-state index in [2.05, 4.69) is 15.4 Å². The first-order valence-electron chi connectivity index (χ1n) is 12.5. The Morgan fingerprint density at radius 3 is 2.55 bits per heavy atom. The van der Waals surface area contributed by atoms with Crippen molar-refractivity contribution >= 4 is 46.2 Å². The van der Waals surface area contributed by atoms with Gasteiger partial charge in [-0.05, 0) is 64.4 Å². The summed E-state index contributed by atoms with van der Waals surface area (Å²) in [5.74, 6) is -0.0448. The van der Waals surface area contributed by atoms with Crippen molar-refractivity contribution in [1.29, 1.82) is 0 Å². The minimum atomic E-state index is -0.681. The molecule has 0 fully saturated rings. The minimum Gasteiger partial charge on any atom is -0.482 e. The Morgan fingerprint density at radius 1 is 1.12 bits per heavy atom. The van der Waals surface area contributed by atoms with Crippen LogP contribution in [0.3, 0.4) is 0 Å². The van der Waals surface area contributed by atoms with Gasteiger partial charge in [-0.25, -0.2) is 24.2 Å². The maximum Gasteiger partial charge on any atom is 0.407 e. The Labute approximate surface area is 241 Å². The van der Waals surface area contributed by atoms with Crippen LogP contribution in [-0.4, -0.2) is 50.6 Å². The molecule has 4 rings (SSSR count). The number of nitrogens with zero attached hydrogens (tertiary/aromatic N) is 4. The van der Waals surface area contributed by atoms with Crippen molar-refractivity contribution in [1.82, 2.24) is 25.1 Å². The molecule has 0 saturated carbocycles. The molecule has 40 heavy (non-hydrogen) atoms. The standard InChI is InChI=1S/C28H29Cl2N5O5/c1-6-38-23(36)13-39-18-9-16(2)24-22(11-18)34-25(19-8-7-17(29)10-21(19)30)20(26(24)35-15-31-14-33-35)12-32-27(37)40-28(3,4)5/h7-11,14-15H,6,12-13H2,1-5H3,(H,32,37). The van der Waals surface area contributed by atoms with E-state index in [4.69, 9.17) is 42.4 Å². The summed E-state index contributed by atoms with van der Waals surface area (Å²) in [4.78, 5) is 33.6. The molecule has 1 amide bonds. The van der Waals surface area contributed by atoms with Crippen LogP contribution in [-0.2, 0) is 20.8 Å². The number of hydrogen-bond acceptors (Lipinski definition) is 8. The van der Waals surface area contributed by atoms with E-state index in [1.807, 2.05) is 6.92 Å². The number of amides is 1. The molecule has 0 aliphatic heterocycles. The summed E-state index contributed by atoms with van der Waals surface area (Å²) in [6, 6.07) is 8.60. The van der Waals surface area contributed by atoms with Crippen molar-refractivity contribution in [2.45, 2.75) is 46.8 Å². The van der Waals surface area contributed by atoms with Gasteiger partial charge in [-0.15, -0.1) is 0 Å². The van der Waals surface area contributed by atoms with E-state index in [1.54, 1.807) is 69.0 Å². The van der Waals surface area contributed by atoms with Crippen molar-refractivity contribution in [3.63, 3.8) is 0 Å². The molecule has 2 heterocycles. The first-order chi connectivity index (χ1) is 19.0. The van der Waals surface area contributed by atoms with Crippen LogP contribution in [0.2, 0.25) is 10.0 Å². The summed E-state index contributed by atoms with van der Waals surface area (Å²) in [7, 11) is 0. The second-order valence-corrected chi connectivity index (χ2v) is 10.7. The highest BCUT2D eigenvalue weighted by molar-refractivity contribution is 6.36. The van der Waals surface area contributed by atoms with Crippen molar-refractivity contribution in [3.05, 3.63) is 64.2 Å². The van der Waals surface area contributed by atoms with Gasteiger partial charge in [-0.1, -0.05) is 23.2 Å². The molecule has 0 spiro atoms. The Morgan fingerprint density at radius 2 is 1.90 bits per heavy atom. The summed E-state index contributed by atoms with van der Waals surface area (Å²) >= 11 is 12.8. The Hall–Kier alpha value is -3.89. The van der Waals surface area contributed by atoms with Crippen molar-refractivity contribution in [2.75, 3.05) is 13.2 Å². The minimum absolute atomic E-state index is 0.0435. The van der Waals surface area contributed by atoms with Crippen LogP contribution in [0.25, 0.3) is 27.8 Å². The Bertz CT molecular complexity index is 1550. The van der Waals surface area contributed by atoms with Gasteiger partial charge < -0.3 is 19.5 Å². The van der Waals surface area contributed by atoms with Gasteiger partial charge in [0.2, 0.25) is 0 Å². The lowest BCUT2D eigenvalue weighted by Crippen LogP contribution is -2.32. The maximum atomic E-state index is 12.7. The van der Waals surface area contributed by atoms with Gasteiger partial charge in [0, 0.05) is 27.6 Å². The van der Waals surface area contributed by atoms with Gasteiger partial charge in [0.25, 0.3) is 0 Å². The molecule has 10 nitrogen and oxygen atoms in total. The Kier molecular flexibility index (Phi) is 8.80. The second kappa shape index (κ2) is 12.1. The number of benzene rings is 2. The highest BCUT2D eigenvalue weighted by atomic mass is 35.5. The number of hydrogen-bond donors (Lipinski definition) is 1. The smallest absolute Gasteiger partial charge is 0.407 e. The largest absolute Gasteiger partial charge is 0.482 e. The molecule has 4 aromatic rings. The van der Waals surface area contributed by atoms with E-state index in [0.29, 0.717) is 43.8 Å². The first kappa shape index (κ1) is 29.1. The molecule has 0 radical (unpaired) electrons. The zero-order valence-electron chi connectivity index (χ0n) is 22.7. The molecule has 0 aliphatic rings. The number of carbonyl (C=O) groups excluding carboxylic acids is 2. The summed E-state index contributed by atoms with van der Waals surface area (Å²) in [6.07, 6.45) is 2.38. The predicted molar refractivity (Wildman–Crippen MR) is 152 cm³/mol. The van der Waals surface area contributed by atoms with Crippen molar-refractivity contribution in [3.8, 4) is 22.7 Å². The molecule has 0 bridgehead atoms. The van der Waals surface area contributed by atoms with Crippen LogP contribution >= 0.6 is 23.2 Å². The number of nitrogens with one attached hydrogen (secondary N) is 1. The fraction of sp³-hybridized carbons (Fsp3) is 0.321. The van der Waals surface area contributed by atoms with Gasteiger partial charge in [0.15, 0.2) is 6.61 Å². The zero-order chi connectivity index (χ0) is 29.0. The van der Waals surface area contributed by atoms with E-state index < -0.39 is 17.7 Å². The number of halogens is 2. The van der Waals surface area contributed by atoms with Gasteiger partial charge in [0.05, 0.1) is 35.1 Å². The SMILES string of the molecule is CCOC(=O)COc1cc(C)c2c(-n3cncn3)c(CNC(=O)OC(C)(C)C)c(-c3ccc(Cl)cc3Cl)nc2c1. The predicted octanol–water partition coefficient (Wildman–Crippen LogP) is 6.06. The molecule has 0 unspecified atom stereocenters. The maximum absolute atomic E-state index is 12.7. The number of aromatic nitrogens is 4. The number of carbonyl (C=O) groups is 2. The lowest BCUT2D eigenvalue weighted by atomic mass is 9.98. The molecule has 0 aliphatic carbocycles. The van der Waals surface area contributed by atoms with Gasteiger partial charge in [-0.2, -0.15) is 5.10 Å². The zero-order valence-corrected chi connectivity index (χ0v) is 24.3. The number of ether oxygens (including phenoxy) is 3. The molecule has 2 aromatic carbocycles. The monoisotopic (exact) mass is 585 g/mol. The number of esters is 1. The van der Waals surface area contributed by atoms with Crippen LogP contribution in [0.15, 0.2) is 43.0 Å². The average Bonchev–Trinajstić information content (AvgIpc) is 3.39. The topological polar surface area (TPSA) is 117 Å². The first-order valence-corrected chi connectivity index (χ1v) is 13.3.